The standard InChI is InChI=1S/C15H20N4O5S/c1-3-12-17-14(24-18-12)15(20)7-8-19(10-15)25(21,22)11-5-6-13(16-9-11)23-4-2/h5-6,9,20H,3-4,7-8,10H2,1-2H3. The Balaban J connectivity index is 1.80. The van der Waals surface area contributed by atoms with Gasteiger partial charge in [0, 0.05) is 25.5 Å². The van der Waals surface area contributed by atoms with Gasteiger partial charge in [0.1, 0.15) is 4.90 Å². The summed E-state index contributed by atoms with van der Waals surface area (Å²) >= 11 is 0. The van der Waals surface area contributed by atoms with Crippen LogP contribution < -0.4 is 4.74 Å². The molecule has 1 atom stereocenters. The van der Waals surface area contributed by atoms with Crippen molar-refractivity contribution in [3.63, 3.8) is 0 Å². The molecule has 0 amide bonds. The van der Waals surface area contributed by atoms with E-state index in [-0.39, 0.29) is 30.3 Å². The first-order valence-corrected chi connectivity index (χ1v) is 9.47. The van der Waals surface area contributed by atoms with E-state index >= 15 is 0 Å². The second kappa shape index (κ2) is 6.70. The van der Waals surface area contributed by atoms with E-state index in [0.29, 0.717) is 24.7 Å². The van der Waals surface area contributed by atoms with Crippen LogP contribution in [-0.4, -0.2) is 52.7 Å². The fourth-order valence-electron chi connectivity index (χ4n) is 2.63. The van der Waals surface area contributed by atoms with Crippen LogP contribution in [0, 0.1) is 0 Å². The molecular formula is C15H20N4O5S. The largest absolute Gasteiger partial charge is 0.478 e. The number of aliphatic hydroxyl groups is 1. The van der Waals surface area contributed by atoms with Crippen molar-refractivity contribution in [2.24, 2.45) is 0 Å². The number of ether oxygens (including phenoxy) is 1. The molecule has 2 aromatic rings. The summed E-state index contributed by atoms with van der Waals surface area (Å²) in [5.41, 5.74) is -1.48. The molecule has 1 saturated heterocycles. The van der Waals surface area contributed by atoms with Gasteiger partial charge in [0.15, 0.2) is 11.4 Å². The molecule has 0 aliphatic carbocycles. The number of pyridine rings is 1. The van der Waals surface area contributed by atoms with Gasteiger partial charge in [-0.15, -0.1) is 0 Å². The topological polar surface area (TPSA) is 119 Å². The van der Waals surface area contributed by atoms with Gasteiger partial charge in [0.2, 0.25) is 15.9 Å². The van der Waals surface area contributed by atoms with Crippen LogP contribution in [0.1, 0.15) is 32.0 Å². The van der Waals surface area contributed by atoms with Crippen molar-refractivity contribution in [1.82, 2.24) is 19.4 Å². The molecule has 0 radical (unpaired) electrons. The van der Waals surface area contributed by atoms with Gasteiger partial charge in [0.25, 0.3) is 5.89 Å². The third-order valence-corrected chi connectivity index (χ3v) is 5.86. The van der Waals surface area contributed by atoms with Gasteiger partial charge in [-0.3, -0.25) is 0 Å². The van der Waals surface area contributed by atoms with Gasteiger partial charge >= 0.3 is 0 Å². The first-order valence-electron chi connectivity index (χ1n) is 8.03. The highest BCUT2D eigenvalue weighted by molar-refractivity contribution is 7.89. The van der Waals surface area contributed by atoms with Crippen LogP contribution in [0.5, 0.6) is 5.88 Å². The lowest BCUT2D eigenvalue weighted by atomic mass is 10.0. The lowest BCUT2D eigenvalue weighted by molar-refractivity contribution is 0.0194. The maximum atomic E-state index is 12.8. The van der Waals surface area contributed by atoms with E-state index in [1.165, 1.54) is 22.6 Å². The molecule has 10 heteroatoms. The maximum absolute atomic E-state index is 12.8. The fraction of sp³-hybridized carbons (Fsp3) is 0.533. The second-order valence-electron chi connectivity index (χ2n) is 5.75. The first-order chi connectivity index (χ1) is 11.9. The van der Waals surface area contributed by atoms with Crippen molar-refractivity contribution in [3.8, 4) is 5.88 Å². The van der Waals surface area contributed by atoms with Crippen LogP contribution in [0.4, 0.5) is 0 Å². The number of hydrogen-bond donors (Lipinski definition) is 1. The Morgan fingerprint density at radius 2 is 2.20 bits per heavy atom. The van der Waals surface area contributed by atoms with Crippen molar-refractivity contribution in [1.29, 1.82) is 0 Å². The fourth-order valence-corrected chi connectivity index (χ4v) is 4.07. The zero-order valence-corrected chi connectivity index (χ0v) is 14.9. The average Bonchev–Trinajstić information content (AvgIpc) is 3.23. The van der Waals surface area contributed by atoms with Crippen LogP contribution in [0.3, 0.4) is 0 Å². The highest BCUT2D eigenvalue weighted by atomic mass is 32.2. The zero-order valence-electron chi connectivity index (χ0n) is 14.0. The predicted molar refractivity (Wildman–Crippen MR) is 86.4 cm³/mol. The van der Waals surface area contributed by atoms with Crippen LogP contribution in [0.15, 0.2) is 27.7 Å². The first kappa shape index (κ1) is 17.8. The molecule has 1 unspecified atom stereocenters. The van der Waals surface area contributed by atoms with E-state index in [1.54, 1.807) is 0 Å². The number of rotatable bonds is 6. The minimum Gasteiger partial charge on any atom is -0.478 e. The SMILES string of the molecule is CCOc1ccc(S(=O)(=O)N2CCC(O)(c3nc(CC)no3)C2)cn1. The van der Waals surface area contributed by atoms with Gasteiger partial charge < -0.3 is 14.4 Å². The summed E-state index contributed by atoms with van der Waals surface area (Å²) in [7, 11) is -3.78. The Morgan fingerprint density at radius 1 is 1.40 bits per heavy atom. The number of hydrogen-bond acceptors (Lipinski definition) is 8. The van der Waals surface area contributed by atoms with Gasteiger partial charge in [-0.05, 0) is 13.0 Å². The minimum absolute atomic E-state index is 0.0416. The molecule has 2 aromatic heterocycles. The van der Waals surface area contributed by atoms with Crippen molar-refractivity contribution in [3.05, 3.63) is 30.0 Å². The van der Waals surface area contributed by atoms with Gasteiger partial charge in [-0.2, -0.15) is 9.29 Å². The monoisotopic (exact) mass is 368 g/mol. The molecule has 0 aromatic carbocycles. The Kier molecular flexibility index (Phi) is 4.76. The molecule has 25 heavy (non-hydrogen) atoms. The summed E-state index contributed by atoms with van der Waals surface area (Å²) in [6.45, 7) is 4.13. The van der Waals surface area contributed by atoms with E-state index in [4.69, 9.17) is 9.26 Å². The predicted octanol–water partition coefficient (Wildman–Crippen LogP) is 0.708. The van der Waals surface area contributed by atoms with Gasteiger partial charge in [-0.1, -0.05) is 12.1 Å². The summed E-state index contributed by atoms with van der Waals surface area (Å²) < 4.78 is 37.0. The second-order valence-corrected chi connectivity index (χ2v) is 7.69. The third kappa shape index (κ3) is 3.37. The van der Waals surface area contributed by atoms with Crippen LogP contribution in [0.2, 0.25) is 0 Å². The number of aromatic nitrogens is 3. The molecule has 3 heterocycles. The molecule has 0 spiro atoms. The molecule has 3 rings (SSSR count). The summed E-state index contributed by atoms with van der Waals surface area (Å²) in [6.07, 6.45) is 2.00. The molecule has 0 bridgehead atoms. The van der Waals surface area contributed by atoms with Crippen LogP contribution >= 0.6 is 0 Å². The van der Waals surface area contributed by atoms with Crippen molar-refractivity contribution >= 4 is 10.0 Å². The normalized spacial score (nSPS) is 21.6. The quantitative estimate of drug-likeness (QED) is 0.792. The van der Waals surface area contributed by atoms with Crippen molar-refractivity contribution in [2.75, 3.05) is 19.7 Å². The molecule has 1 N–H and O–H groups in total. The van der Waals surface area contributed by atoms with E-state index < -0.39 is 15.6 Å². The molecule has 1 aliphatic heterocycles. The maximum Gasteiger partial charge on any atom is 0.260 e. The molecular weight excluding hydrogens is 348 g/mol. The Bertz CT molecular complexity index is 836. The van der Waals surface area contributed by atoms with Crippen LogP contribution in [-0.2, 0) is 22.0 Å². The highest BCUT2D eigenvalue weighted by Crippen LogP contribution is 2.34. The van der Waals surface area contributed by atoms with Crippen LogP contribution in [0.25, 0.3) is 0 Å². The highest BCUT2D eigenvalue weighted by Gasteiger charge is 2.46. The third-order valence-electron chi connectivity index (χ3n) is 4.03. The Labute approximate surface area is 145 Å². The Hall–Kier alpha value is -2.04. The summed E-state index contributed by atoms with van der Waals surface area (Å²) in [5.74, 6) is 0.879. The Morgan fingerprint density at radius 3 is 2.80 bits per heavy atom. The van der Waals surface area contributed by atoms with E-state index in [0.717, 1.165) is 0 Å². The van der Waals surface area contributed by atoms with E-state index in [2.05, 4.69) is 15.1 Å². The number of sulfonamides is 1. The van der Waals surface area contributed by atoms with E-state index in [1.807, 2.05) is 13.8 Å². The van der Waals surface area contributed by atoms with Gasteiger partial charge in [-0.25, -0.2) is 13.4 Å². The van der Waals surface area contributed by atoms with Crippen molar-refractivity contribution < 1.29 is 22.8 Å². The number of aryl methyl sites for hydroxylation is 1. The average molecular weight is 368 g/mol. The lowest BCUT2D eigenvalue weighted by Gasteiger charge is -2.19. The minimum atomic E-state index is -3.78. The van der Waals surface area contributed by atoms with Crippen molar-refractivity contribution in [2.45, 2.75) is 37.2 Å². The number of β-amino-alcohol motifs (C(OH)–C–C–N with tert-alkyl or cyclic N) is 1. The van der Waals surface area contributed by atoms with E-state index in [9.17, 15) is 13.5 Å². The summed E-state index contributed by atoms with van der Waals surface area (Å²) in [6, 6.07) is 2.94. The smallest absolute Gasteiger partial charge is 0.260 e. The molecule has 136 valence electrons. The molecule has 0 saturated carbocycles. The molecule has 9 nitrogen and oxygen atoms in total. The number of nitrogens with zero attached hydrogens (tertiary/aromatic N) is 4. The summed E-state index contributed by atoms with van der Waals surface area (Å²) in [5, 5.41) is 14.5. The zero-order chi connectivity index (χ0) is 18.1. The molecule has 1 fully saturated rings. The molecule has 1 aliphatic rings. The van der Waals surface area contributed by atoms with Gasteiger partial charge in [0.05, 0.1) is 19.3 Å². The summed E-state index contributed by atoms with van der Waals surface area (Å²) in [4.78, 5) is 8.15. The lowest BCUT2D eigenvalue weighted by Crippen LogP contribution is -2.34.